The van der Waals surface area contributed by atoms with Crippen molar-refractivity contribution in [2.75, 3.05) is 0 Å². The first-order valence-corrected chi connectivity index (χ1v) is 5.62. The third-order valence-corrected chi connectivity index (χ3v) is 3.27. The predicted octanol–water partition coefficient (Wildman–Crippen LogP) is 2.92. The first kappa shape index (κ1) is 8.22. The van der Waals surface area contributed by atoms with Crippen LogP contribution in [0.5, 0.6) is 0 Å². The van der Waals surface area contributed by atoms with Gasteiger partial charge in [-0.15, -0.1) is 0 Å². The zero-order valence-corrected chi connectivity index (χ0v) is 8.42. The lowest BCUT2D eigenvalue weighted by Crippen LogP contribution is -2.09. The highest BCUT2D eigenvalue weighted by Crippen LogP contribution is 2.25. The summed E-state index contributed by atoms with van der Waals surface area (Å²) in [5.41, 5.74) is 5.58. The van der Waals surface area contributed by atoms with Crippen LogP contribution in [0, 0.1) is 0 Å². The van der Waals surface area contributed by atoms with Gasteiger partial charge in [0.05, 0.1) is 5.69 Å². The van der Waals surface area contributed by atoms with E-state index in [0.29, 0.717) is 0 Å². The standard InChI is InChI=1S/C13H15N/c1-3-7-12-10(5-1)9-11-6-2-4-8-13(11)14-12/h3,7,9H,1-2,4-6,8H2. The highest BCUT2D eigenvalue weighted by Gasteiger charge is 2.14. The number of rotatable bonds is 0. The summed E-state index contributed by atoms with van der Waals surface area (Å²) in [6, 6.07) is 2.40. The van der Waals surface area contributed by atoms with Crippen molar-refractivity contribution in [2.45, 2.75) is 38.5 Å². The van der Waals surface area contributed by atoms with E-state index in [1.165, 1.54) is 61.0 Å². The van der Waals surface area contributed by atoms with Crippen molar-refractivity contribution in [3.8, 4) is 0 Å². The first-order valence-electron chi connectivity index (χ1n) is 5.62. The molecule has 0 bridgehead atoms. The zero-order chi connectivity index (χ0) is 9.38. The number of aromatic nitrogens is 1. The SMILES string of the molecule is C1=Cc2nc3c(cc2CC1)CCCC3. The molecule has 0 amide bonds. The van der Waals surface area contributed by atoms with Crippen LogP contribution in [0.25, 0.3) is 6.08 Å². The molecule has 1 aromatic rings. The van der Waals surface area contributed by atoms with E-state index in [-0.39, 0.29) is 0 Å². The van der Waals surface area contributed by atoms with Gasteiger partial charge >= 0.3 is 0 Å². The summed E-state index contributed by atoms with van der Waals surface area (Å²) in [6.45, 7) is 0. The van der Waals surface area contributed by atoms with Crippen LogP contribution in [0.2, 0.25) is 0 Å². The van der Waals surface area contributed by atoms with Crippen LogP contribution in [0.4, 0.5) is 0 Å². The van der Waals surface area contributed by atoms with Crippen molar-refractivity contribution in [1.29, 1.82) is 0 Å². The van der Waals surface area contributed by atoms with E-state index in [9.17, 15) is 0 Å². The monoisotopic (exact) mass is 185 g/mol. The minimum atomic E-state index is 1.19. The molecule has 0 N–H and O–H groups in total. The van der Waals surface area contributed by atoms with Gasteiger partial charge in [-0.3, -0.25) is 4.98 Å². The summed E-state index contributed by atoms with van der Waals surface area (Å²) in [6.07, 6.45) is 11.9. The van der Waals surface area contributed by atoms with E-state index in [1.807, 2.05) is 0 Å². The third kappa shape index (κ3) is 1.28. The van der Waals surface area contributed by atoms with E-state index >= 15 is 0 Å². The summed E-state index contributed by atoms with van der Waals surface area (Å²) >= 11 is 0. The van der Waals surface area contributed by atoms with Crippen molar-refractivity contribution in [3.05, 3.63) is 34.7 Å². The quantitative estimate of drug-likeness (QED) is 0.605. The Balaban J connectivity index is 2.12. The summed E-state index contributed by atoms with van der Waals surface area (Å²) in [7, 11) is 0. The molecule has 0 unspecified atom stereocenters. The molecule has 0 saturated heterocycles. The minimum Gasteiger partial charge on any atom is -0.253 e. The second-order valence-electron chi connectivity index (χ2n) is 4.29. The van der Waals surface area contributed by atoms with Crippen molar-refractivity contribution in [3.63, 3.8) is 0 Å². The molecule has 3 rings (SSSR count). The number of fused-ring (bicyclic) bond motifs is 2. The van der Waals surface area contributed by atoms with Gasteiger partial charge in [0.15, 0.2) is 0 Å². The Morgan fingerprint density at radius 3 is 2.93 bits per heavy atom. The molecule has 1 aromatic heterocycles. The summed E-state index contributed by atoms with van der Waals surface area (Å²) < 4.78 is 0. The minimum absolute atomic E-state index is 1.19. The zero-order valence-electron chi connectivity index (χ0n) is 8.42. The molecule has 0 aromatic carbocycles. The molecule has 0 saturated carbocycles. The second kappa shape index (κ2) is 3.23. The molecule has 0 atom stereocenters. The number of nitrogens with zero attached hydrogens (tertiary/aromatic N) is 1. The molecule has 1 heteroatoms. The molecule has 0 radical (unpaired) electrons. The van der Waals surface area contributed by atoms with E-state index < -0.39 is 0 Å². The number of pyridine rings is 1. The topological polar surface area (TPSA) is 12.9 Å². The van der Waals surface area contributed by atoms with Gasteiger partial charge in [-0.05, 0) is 55.7 Å². The lowest BCUT2D eigenvalue weighted by atomic mass is 9.91. The van der Waals surface area contributed by atoms with Gasteiger partial charge in [0.1, 0.15) is 0 Å². The van der Waals surface area contributed by atoms with Gasteiger partial charge in [-0.1, -0.05) is 12.1 Å². The number of hydrogen-bond acceptors (Lipinski definition) is 1. The highest BCUT2D eigenvalue weighted by atomic mass is 14.7. The second-order valence-corrected chi connectivity index (χ2v) is 4.29. The van der Waals surface area contributed by atoms with Crippen LogP contribution >= 0.6 is 0 Å². The van der Waals surface area contributed by atoms with Crippen LogP contribution in [-0.2, 0) is 19.3 Å². The molecule has 0 aliphatic heterocycles. The average molecular weight is 185 g/mol. The highest BCUT2D eigenvalue weighted by molar-refractivity contribution is 5.53. The fraction of sp³-hybridized carbons (Fsp3) is 0.462. The van der Waals surface area contributed by atoms with Crippen LogP contribution in [0.3, 0.4) is 0 Å². The fourth-order valence-corrected chi connectivity index (χ4v) is 2.48. The molecule has 2 aliphatic rings. The molecule has 2 aliphatic carbocycles. The predicted molar refractivity (Wildman–Crippen MR) is 58.2 cm³/mol. The molecular formula is C13H15N. The Kier molecular flexibility index (Phi) is 1.90. The normalized spacial score (nSPS) is 18.9. The van der Waals surface area contributed by atoms with Gasteiger partial charge < -0.3 is 0 Å². The average Bonchev–Trinajstić information content (AvgIpc) is 2.26. The lowest BCUT2D eigenvalue weighted by Gasteiger charge is -2.18. The van der Waals surface area contributed by atoms with E-state index in [1.54, 1.807) is 0 Å². The maximum Gasteiger partial charge on any atom is 0.0662 e. The van der Waals surface area contributed by atoms with Crippen molar-refractivity contribution >= 4 is 6.08 Å². The number of allylic oxidation sites excluding steroid dienone is 1. The molecule has 1 heterocycles. The molecular weight excluding hydrogens is 170 g/mol. The Labute approximate surface area is 84.9 Å². The van der Waals surface area contributed by atoms with Crippen LogP contribution in [0.15, 0.2) is 12.1 Å². The molecule has 14 heavy (non-hydrogen) atoms. The molecule has 1 nitrogen and oxygen atoms in total. The molecule has 72 valence electrons. The Morgan fingerprint density at radius 1 is 1.00 bits per heavy atom. The Hall–Kier alpha value is -1.11. The number of aryl methyl sites for hydroxylation is 3. The maximum absolute atomic E-state index is 4.77. The van der Waals surface area contributed by atoms with Gasteiger partial charge in [0.2, 0.25) is 0 Å². The molecule has 0 spiro atoms. The van der Waals surface area contributed by atoms with Gasteiger partial charge in [0.25, 0.3) is 0 Å². The van der Waals surface area contributed by atoms with E-state index in [2.05, 4.69) is 18.2 Å². The van der Waals surface area contributed by atoms with E-state index in [0.717, 1.165) is 0 Å². The largest absolute Gasteiger partial charge is 0.253 e. The van der Waals surface area contributed by atoms with Gasteiger partial charge in [-0.25, -0.2) is 0 Å². The Bertz CT molecular complexity index is 390. The van der Waals surface area contributed by atoms with Crippen molar-refractivity contribution in [2.24, 2.45) is 0 Å². The van der Waals surface area contributed by atoms with Crippen molar-refractivity contribution in [1.82, 2.24) is 4.98 Å². The first-order chi connectivity index (χ1) is 6.93. The summed E-state index contributed by atoms with van der Waals surface area (Å²) in [4.78, 5) is 4.77. The fourth-order valence-electron chi connectivity index (χ4n) is 2.48. The Morgan fingerprint density at radius 2 is 1.93 bits per heavy atom. The summed E-state index contributed by atoms with van der Waals surface area (Å²) in [5, 5.41) is 0. The molecule has 0 fully saturated rings. The summed E-state index contributed by atoms with van der Waals surface area (Å²) in [5.74, 6) is 0. The third-order valence-electron chi connectivity index (χ3n) is 3.27. The van der Waals surface area contributed by atoms with Gasteiger partial charge in [0, 0.05) is 5.69 Å². The van der Waals surface area contributed by atoms with Crippen LogP contribution < -0.4 is 0 Å². The van der Waals surface area contributed by atoms with Crippen molar-refractivity contribution < 1.29 is 0 Å². The van der Waals surface area contributed by atoms with Crippen LogP contribution in [0.1, 0.15) is 41.8 Å². The van der Waals surface area contributed by atoms with E-state index in [4.69, 9.17) is 4.98 Å². The maximum atomic E-state index is 4.77. The number of hydrogen-bond donors (Lipinski definition) is 0. The van der Waals surface area contributed by atoms with Crippen LogP contribution in [-0.4, -0.2) is 4.98 Å². The smallest absolute Gasteiger partial charge is 0.0662 e. The lowest BCUT2D eigenvalue weighted by molar-refractivity contribution is 0.664. The van der Waals surface area contributed by atoms with Gasteiger partial charge in [-0.2, -0.15) is 0 Å².